The lowest BCUT2D eigenvalue weighted by atomic mass is 9.77. The molecule has 3 aromatic rings. The summed E-state index contributed by atoms with van der Waals surface area (Å²) >= 11 is 0. The standard InChI is InChI=1S/C33H31F9O/c1-18-2-4-19(5-3-18)21-8-12-26(27(34)14-21)22-9-13-25(28(35)15-22)20-6-10-23(11-7-20)33(41,42)43-24-16-29(36)31(30(37)17-24)32(38,39)40/h8-9,12-20,23H,2-7,10-11H2,1H3. The highest BCUT2D eigenvalue weighted by Gasteiger charge is 2.45. The molecule has 2 aliphatic carbocycles. The number of hydrogen-bond donors (Lipinski definition) is 0. The monoisotopic (exact) mass is 614 g/mol. The van der Waals surface area contributed by atoms with Crippen LogP contribution in [-0.4, -0.2) is 6.11 Å². The van der Waals surface area contributed by atoms with Crippen LogP contribution in [0.1, 0.15) is 86.8 Å². The second kappa shape index (κ2) is 12.1. The van der Waals surface area contributed by atoms with Gasteiger partial charge in [0.1, 0.15) is 34.6 Å². The molecule has 3 aromatic carbocycles. The summed E-state index contributed by atoms with van der Waals surface area (Å²) < 4.78 is 130. The molecular formula is C33H31F9O. The first-order valence-electron chi connectivity index (χ1n) is 14.4. The Balaban J connectivity index is 1.23. The average molecular weight is 615 g/mol. The van der Waals surface area contributed by atoms with E-state index in [4.69, 9.17) is 0 Å². The maximum Gasteiger partial charge on any atom is 0.422 e. The Bertz CT molecular complexity index is 1430. The van der Waals surface area contributed by atoms with Gasteiger partial charge < -0.3 is 4.74 Å². The summed E-state index contributed by atoms with van der Waals surface area (Å²) in [6.45, 7) is 2.22. The van der Waals surface area contributed by atoms with Crippen molar-refractivity contribution in [2.45, 2.75) is 82.4 Å². The minimum absolute atomic E-state index is 0.0785. The summed E-state index contributed by atoms with van der Waals surface area (Å²) in [6, 6.07) is 9.63. The van der Waals surface area contributed by atoms with Gasteiger partial charge in [-0.3, -0.25) is 0 Å². The zero-order valence-corrected chi connectivity index (χ0v) is 23.4. The molecule has 0 heterocycles. The van der Waals surface area contributed by atoms with Crippen LogP contribution in [0.3, 0.4) is 0 Å². The van der Waals surface area contributed by atoms with Gasteiger partial charge in [0.2, 0.25) is 0 Å². The SMILES string of the molecule is CC1CCC(c2ccc(-c3ccc(C4CCC(C(F)(F)Oc5cc(F)c(C(F)(F)F)c(F)c5)CC4)c(F)c3)c(F)c2)CC1. The highest BCUT2D eigenvalue weighted by Crippen LogP contribution is 2.45. The van der Waals surface area contributed by atoms with E-state index < -0.39 is 58.7 Å². The second-order valence-electron chi connectivity index (χ2n) is 11.9. The van der Waals surface area contributed by atoms with E-state index >= 15 is 8.78 Å². The van der Waals surface area contributed by atoms with Gasteiger partial charge in [0, 0.05) is 17.7 Å². The molecule has 2 fully saturated rings. The van der Waals surface area contributed by atoms with E-state index in [1.165, 1.54) is 18.2 Å². The summed E-state index contributed by atoms with van der Waals surface area (Å²) in [5.41, 5.74) is -0.295. The number of halogens is 9. The van der Waals surface area contributed by atoms with Crippen LogP contribution < -0.4 is 4.74 Å². The Morgan fingerprint density at radius 3 is 1.79 bits per heavy atom. The highest BCUT2D eigenvalue weighted by atomic mass is 19.4. The van der Waals surface area contributed by atoms with E-state index in [-0.39, 0.29) is 43.4 Å². The van der Waals surface area contributed by atoms with Crippen molar-refractivity contribution in [1.82, 2.24) is 0 Å². The fourth-order valence-electron chi connectivity index (χ4n) is 6.50. The molecular weight excluding hydrogens is 583 g/mol. The van der Waals surface area contributed by atoms with Crippen molar-refractivity contribution in [3.05, 3.63) is 88.5 Å². The van der Waals surface area contributed by atoms with Crippen LogP contribution in [0.5, 0.6) is 5.75 Å². The van der Waals surface area contributed by atoms with Crippen molar-refractivity contribution in [1.29, 1.82) is 0 Å². The van der Waals surface area contributed by atoms with Crippen molar-refractivity contribution in [3.63, 3.8) is 0 Å². The second-order valence-corrected chi connectivity index (χ2v) is 11.9. The van der Waals surface area contributed by atoms with Crippen molar-refractivity contribution in [2.24, 2.45) is 11.8 Å². The van der Waals surface area contributed by atoms with Crippen molar-refractivity contribution >= 4 is 0 Å². The van der Waals surface area contributed by atoms with E-state index in [0.717, 1.165) is 31.2 Å². The molecule has 43 heavy (non-hydrogen) atoms. The van der Waals surface area contributed by atoms with E-state index in [0.29, 0.717) is 23.0 Å². The Kier molecular flexibility index (Phi) is 8.78. The van der Waals surface area contributed by atoms with Gasteiger partial charge in [-0.1, -0.05) is 44.0 Å². The predicted octanol–water partition coefficient (Wildman–Crippen LogP) is 11.2. The topological polar surface area (TPSA) is 9.23 Å². The third-order valence-electron chi connectivity index (χ3n) is 8.99. The Morgan fingerprint density at radius 2 is 1.23 bits per heavy atom. The fourth-order valence-corrected chi connectivity index (χ4v) is 6.50. The molecule has 0 saturated heterocycles. The lowest BCUT2D eigenvalue weighted by Gasteiger charge is -2.33. The summed E-state index contributed by atoms with van der Waals surface area (Å²) in [7, 11) is 0. The number of hydrogen-bond acceptors (Lipinski definition) is 1. The third-order valence-corrected chi connectivity index (χ3v) is 8.99. The summed E-state index contributed by atoms with van der Waals surface area (Å²) in [4.78, 5) is 0. The molecule has 10 heteroatoms. The lowest BCUT2D eigenvalue weighted by Crippen LogP contribution is -2.37. The number of rotatable bonds is 6. The molecule has 0 atom stereocenters. The van der Waals surface area contributed by atoms with E-state index in [1.54, 1.807) is 12.1 Å². The third kappa shape index (κ3) is 6.83. The first kappa shape index (κ1) is 31.3. The average Bonchev–Trinajstić information content (AvgIpc) is 2.92. The van der Waals surface area contributed by atoms with E-state index in [2.05, 4.69) is 11.7 Å². The molecule has 0 radical (unpaired) electrons. The van der Waals surface area contributed by atoms with Crippen LogP contribution in [0, 0.1) is 35.1 Å². The van der Waals surface area contributed by atoms with Crippen molar-refractivity contribution in [2.75, 3.05) is 0 Å². The van der Waals surface area contributed by atoms with Crippen LogP contribution in [0.4, 0.5) is 39.5 Å². The van der Waals surface area contributed by atoms with Gasteiger partial charge in [-0.15, -0.1) is 0 Å². The molecule has 2 aliphatic rings. The van der Waals surface area contributed by atoms with Crippen LogP contribution in [0.15, 0.2) is 48.5 Å². The maximum atomic E-state index is 15.2. The molecule has 0 N–H and O–H groups in total. The molecule has 0 aromatic heterocycles. The number of ether oxygens (including phenoxy) is 1. The van der Waals surface area contributed by atoms with Gasteiger partial charge in [-0.25, -0.2) is 17.6 Å². The van der Waals surface area contributed by atoms with Gasteiger partial charge in [0.15, 0.2) is 0 Å². The van der Waals surface area contributed by atoms with Crippen LogP contribution in [-0.2, 0) is 6.18 Å². The minimum atomic E-state index is -5.34. The molecule has 1 nitrogen and oxygen atoms in total. The quantitative estimate of drug-likeness (QED) is 0.251. The number of alkyl halides is 5. The fraction of sp³-hybridized carbons (Fsp3) is 0.455. The zero-order chi connectivity index (χ0) is 31.1. The zero-order valence-electron chi connectivity index (χ0n) is 23.4. The Morgan fingerprint density at radius 1 is 0.628 bits per heavy atom. The minimum Gasteiger partial charge on any atom is -0.432 e. The van der Waals surface area contributed by atoms with Gasteiger partial charge in [-0.2, -0.15) is 22.0 Å². The Labute approximate surface area is 244 Å². The van der Waals surface area contributed by atoms with Gasteiger partial charge in [-0.05, 0) is 85.1 Å². The van der Waals surface area contributed by atoms with Crippen LogP contribution >= 0.6 is 0 Å². The Hall–Kier alpha value is -3.17. The molecule has 0 spiro atoms. The summed E-state index contributed by atoms with van der Waals surface area (Å²) in [5.74, 6) is -7.02. The van der Waals surface area contributed by atoms with Crippen molar-refractivity contribution < 1.29 is 44.3 Å². The first-order valence-corrected chi connectivity index (χ1v) is 14.4. The maximum absolute atomic E-state index is 15.2. The predicted molar refractivity (Wildman–Crippen MR) is 144 cm³/mol. The highest BCUT2D eigenvalue weighted by molar-refractivity contribution is 5.65. The largest absolute Gasteiger partial charge is 0.432 e. The molecule has 232 valence electrons. The van der Waals surface area contributed by atoms with E-state index in [1.807, 2.05) is 6.07 Å². The molecule has 0 aliphatic heterocycles. The molecule has 0 bridgehead atoms. The smallest absolute Gasteiger partial charge is 0.422 e. The van der Waals surface area contributed by atoms with Crippen LogP contribution in [0.2, 0.25) is 0 Å². The summed E-state index contributed by atoms with van der Waals surface area (Å²) in [6.07, 6.45) is -4.98. The molecule has 0 amide bonds. The van der Waals surface area contributed by atoms with Gasteiger partial charge in [0.05, 0.1) is 5.92 Å². The summed E-state index contributed by atoms with van der Waals surface area (Å²) in [5, 5.41) is 0. The van der Waals surface area contributed by atoms with Gasteiger partial charge >= 0.3 is 12.3 Å². The molecule has 2 saturated carbocycles. The van der Waals surface area contributed by atoms with Crippen molar-refractivity contribution in [3.8, 4) is 16.9 Å². The number of benzene rings is 3. The molecule has 5 rings (SSSR count). The normalized spacial score (nSPS) is 23.3. The van der Waals surface area contributed by atoms with Crippen LogP contribution in [0.25, 0.3) is 11.1 Å². The van der Waals surface area contributed by atoms with E-state index in [9.17, 15) is 30.7 Å². The lowest BCUT2D eigenvalue weighted by molar-refractivity contribution is -0.222. The first-order chi connectivity index (χ1) is 20.2. The molecule has 0 unspecified atom stereocenters. The van der Waals surface area contributed by atoms with Gasteiger partial charge in [0.25, 0.3) is 0 Å².